The Morgan fingerprint density at radius 2 is 1.96 bits per heavy atom. The van der Waals surface area contributed by atoms with Crippen LogP contribution in [0.3, 0.4) is 0 Å². The van der Waals surface area contributed by atoms with Crippen molar-refractivity contribution in [3.8, 4) is 0 Å². The number of aliphatic imine (C=N–C) groups is 1. The minimum Gasteiger partial charge on any atom is -0.356 e. The number of nitrogens with one attached hydrogen (secondary N) is 2. The normalized spacial score (nSPS) is 11.8. The van der Waals surface area contributed by atoms with Gasteiger partial charge in [-0.05, 0) is 42.4 Å². The lowest BCUT2D eigenvalue weighted by Crippen LogP contribution is -2.40. The Balaban J connectivity index is 1.72. The van der Waals surface area contributed by atoms with Crippen LogP contribution in [0.2, 0.25) is 0 Å². The number of halogens is 1. The molecule has 2 aromatic rings. The fraction of sp³-hybridized carbons (Fsp3) is 0.550. The van der Waals surface area contributed by atoms with Crippen molar-refractivity contribution in [1.82, 2.24) is 25.4 Å². The lowest BCUT2D eigenvalue weighted by atomic mass is 10.2. The van der Waals surface area contributed by atoms with E-state index in [0.717, 1.165) is 61.5 Å². The summed E-state index contributed by atoms with van der Waals surface area (Å²) in [5, 5.41) is 14.9. The number of aryl methyl sites for hydroxylation is 1. The molecule has 28 heavy (non-hydrogen) atoms. The maximum atomic E-state index is 12.9. The highest BCUT2D eigenvalue weighted by atomic mass is 32.2. The number of hydrogen-bond donors (Lipinski definition) is 2. The summed E-state index contributed by atoms with van der Waals surface area (Å²) in [4.78, 5) is 5.75. The van der Waals surface area contributed by atoms with E-state index in [1.54, 1.807) is 18.1 Å². The summed E-state index contributed by atoms with van der Waals surface area (Å²) >= 11 is 1.74. The van der Waals surface area contributed by atoms with Crippen LogP contribution >= 0.6 is 11.8 Å². The summed E-state index contributed by atoms with van der Waals surface area (Å²) in [5.74, 6) is 3.12. The van der Waals surface area contributed by atoms with Gasteiger partial charge in [0.25, 0.3) is 0 Å². The van der Waals surface area contributed by atoms with Gasteiger partial charge in [-0.2, -0.15) is 0 Å². The molecule has 1 heterocycles. The van der Waals surface area contributed by atoms with E-state index in [1.165, 1.54) is 12.1 Å². The maximum absolute atomic E-state index is 12.9. The third-order valence-corrected chi connectivity index (χ3v) is 5.07. The zero-order valence-corrected chi connectivity index (χ0v) is 17.8. The molecule has 2 rings (SSSR count). The summed E-state index contributed by atoms with van der Waals surface area (Å²) in [6.07, 6.45) is 3.64. The van der Waals surface area contributed by atoms with Crippen LogP contribution in [0, 0.1) is 11.7 Å². The maximum Gasteiger partial charge on any atom is 0.191 e. The molecule has 0 bridgehead atoms. The predicted molar refractivity (Wildman–Crippen MR) is 114 cm³/mol. The molecule has 1 aromatic carbocycles. The van der Waals surface area contributed by atoms with Crippen molar-refractivity contribution in [2.24, 2.45) is 10.9 Å². The summed E-state index contributed by atoms with van der Waals surface area (Å²) in [6, 6.07) is 6.64. The lowest BCUT2D eigenvalue weighted by molar-refractivity contribution is 0.622. The highest BCUT2D eigenvalue weighted by molar-refractivity contribution is 7.99. The van der Waals surface area contributed by atoms with Crippen LogP contribution < -0.4 is 10.6 Å². The number of thioether (sulfide) groups is 1. The van der Waals surface area contributed by atoms with Crippen molar-refractivity contribution < 1.29 is 4.39 Å². The zero-order chi connectivity index (χ0) is 20.2. The smallest absolute Gasteiger partial charge is 0.191 e. The van der Waals surface area contributed by atoms with Gasteiger partial charge in [0.15, 0.2) is 5.96 Å². The van der Waals surface area contributed by atoms with Gasteiger partial charge in [-0.1, -0.05) is 20.8 Å². The van der Waals surface area contributed by atoms with Gasteiger partial charge in [0.2, 0.25) is 0 Å². The Bertz CT molecular complexity index is 714. The molecule has 1 aromatic heterocycles. The van der Waals surface area contributed by atoms with Crippen LogP contribution in [0.15, 0.2) is 40.5 Å². The van der Waals surface area contributed by atoms with Crippen LogP contribution in [-0.4, -0.2) is 46.1 Å². The number of rotatable bonds is 11. The van der Waals surface area contributed by atoms with Gasteiger partial charge in [-0.15, -0.1) is 22.0 Å². The number of hydrogen-bond acceptors (Lipinski definition) is 4. The van der Waals surface area contributed by atoms with Crippen molar-refractivity contribution in [1.29, 1.82) is 0 Å². The van der Waals surface area contributed by atoms with Gasteiger partial charge < -0.3 is 15.2 Å². The molecule has 6 nitrogen and oxygen atoms in total. The van der Waals surface area contributed by atoms with Gasteiger partial charge in [0.05, 0.1) is 0 Å². The average molecular weight is 407 g/mol. The molecule has 154 valence electrons. The molecule has 0 radical (unpaired) electrons. The number of aromatic nitrogens is 3. The van der Waals surface area contributed by atoms with Gasteiger partial charge in [0.1, 0.15) is 18.0 Å². The van der Waals surface area contributed by atoms with E-state index in [1.807, 2.05) is 12.1 Å². The first-order valence-electron chi connectivity index (χ1n) is 9.85. The highest BCUT2D eigenvalue weighted by Crippen LogP contribution is 2.18. The Hall–Kier alpha value is -2.09. The first kappa shape index (κ1) is 22.2. The highest BCUT2D eigenvalue weighted by Gasteiger charge is 2.03. The van der Waals surface area contributed by atoms with Crippen molar-refractivity contribution in [3.63, 3.8) is 0 Å². The Morgan fingerprint density at radius 1 is 1.21 bits per heavy atom. The van der Waals surface area contributed by atoms with Crippen molar-refractivity contribution in [3.05, 3.63) is 42.2 Å². The van der Waals surface area contributed by atoms with E-state index < -0.39 is 0 Å². The zero-order valence-electron chi connectivity index (χ0n) is 17.0. The van der Waals surface area contributed by atoms with E-state index in [-0.39, 0.29) is 5.82 Å². The standard InChI is InChI=1S/C20H31FN6S/c1-4-19-26-25-15-27(19)12-11-23-20(24-14-16(2)3)22-10-5-13-28-18-8-6-17(21)7-9-18/h6-9,15-16H,4-5,10-14H2,1-3H3,(H2,22,23,24). The van der Waals surface area contributed by atoms with Gasteiger partial charge >= 0.3 is 0 Å². The van der Waals surface area contributed by atoms with E-state index >= 15 is 0 Å². The second kappa shape index (κ2) is 12.4. The number of guanidine groups is 1. The van der Waals surface area contributed by atoms with Gasteiger partial charge in [0, 0.05) is 37.5 Å². The molecule has 0 atom stereocenters. The molecule has 0 aliphatic rings. The third-order valence-electron chi connectivity index (χ3n) is 3.97. The summed E-state index contributed by atoms with van der Waals surface area (Å²) in [6.45, 7) is 9.58. The number of nitrogens with zero attached hydrogens (tertiary/aromatic N) is 4. The molecule has 0 aliphatic carbocycles. The fourth-order valence-electron chi connectivity index (χ4n) is 2.48. The van der Waals surface area contributed by atoms with Gasteiger partial charge in [-0.3, -0.25) is 4.99 Å². The van der Waals surface area contributed by atoms with Crippen molar-refractivity contribution >= 4 is 17.7 Å². The van der Waals surface area contributed by atoms with Crippen LogP contribution in [0.4, 0.5) is 4.39 Å². The molecule has 8 heteroatoms. The quantitative estimate of drug-likeness (QED) is 0.259. The fourth-order valence-corrected chi connectivity index (χ4v) is 3.34. The van der Waals surface area contributed by atoms with Crippen LogP contribution in [0.5, 0.6) is 0 Å². The second-order valence-corrected chi connectivity index (χ2v) is 8.06. The SMILES string of the molecule is CCc1nncn1CCNC(=NCC(C)C)NCCCSc1ccc(F)cc1. The van der Waals surface area contributed by atoms with E-state index in [9.17, 15) is 4.39 Å². The molecule has 2 N–H and O–H groups in total. The molecule has 0 amide bonds. The second-order valence-electron chi connectivity index (χ2n) is 6.89. The molecular formula is C20H31FN6S. The summed E-state index contributed by atoms with van der Waals surface area (Å²) in [7, 11) is 0. The molecule has 0 spiro atoms. The first-order chi connectivity index (χ1) is 13.6. The van der Waals surface area contributed by atoms with Gasteiger partial charge in [-0.25, -0.2) is 4.39 Å². The molecule has 0 fully saturated rings. The molecule has 0 saturated heterocycles. The van der Waals surface area contributed by atoms with Crippen LogP contribution in [-0.2, 0) is 13.0 Å². The monoisotopic (exact) mass is 406 g/mol. The van der Waals surface area contributed by atoms with E-state index in [0.29, 0.717) is 5.92 Å². The lowest BCUT2D eigenvalue weighted by Gasteiger charge is -2.14. The minimum absolute atomic E-state index is 0.194. The van der Waals surface area contributed by atoms with Crippen molar-refractivity contribution in [2.75, 3.05) is 25.4 Å². The summed E-state index contributed by atoms with van der Waals surface area (Å²) < 4.78 is 15.0. The first-order valence-corrected chi connectivity index (χ1v) is 10.8. The van der Waals surface area contributed by atoms with Crippen molar-refractivity contribution in [2.45, 2.75) is 45.1 Å². The van der Waals surface area contributed by atoms with Crippen LogP contribution in [0.1, 0.15) is 33.0 Å². The van der Waals surface area contributed by atoms with E-state index in [2.05, 4.69) is 51.2 Å². The average Bonchev–Trinajstić information content (AvgIpc) is 3.14. The van der Waals surface area contributed by atoms with E-state index in [4.69, 9.17) is 0 Å². The summed E-state index contributed by atoms with van der Waals surface area (Å²) in [5.41, 5.74) is 0. The van der Waals surface area contributed by atoms with Crippen LogP contribution in [0.25, 0.3) is 0 Å². The molecule has 0 saturated carbocycles. The Morgan fingerprint density at radius 3 is 2.68 bits per heavy atom. The third kappa shape index (κ3) is 8.29. The Kier molecular flexibility index (Phi) is 9.82. The largest absolute Gasteiger partial charge is 0.356 e. The Labute approximate surface area is 171 Å². The topological polar surface area (TPSA) is 67.1 Å². The minimum atomic E-state index is -0.194. The molecular weight excluding hydrogens is 375 g/mol. The molecule has 0 aliphatic heterocycles. The number of benzene rings is 1. The predicted octanol–water partition coefficient (Wildman–Crippen LogP) is 3.35. The molecule has 0 unspecified atom stereocenters.